The van der Waals surface area contributed by atoms with Crippen molar-refractivity contribution in [2.75, 3.05) is 13.2 Å². The van der Waals surface area contributed by atoms with Gasteiger partial charge in [0.2, 0.25) is 0 Å². The van der Waals surface area contributed by atoms with E-state index in [-0.39, 0.29) is 0 Å². The molecule has 0 saturated heterocycles. The van der Waals surface area contributed by atoms with E-state index >= 15 is 0 Å². The van der Waals surface area contributed by atoms with Crippen LogP contribution in [0.2, 0.25) is 0 Å². The normalized spacial score (nSPS) is 16.1. The predicted molar refractivity (Wildman–Crippen MR) is 52.7 cm³/mol. The van der Waals surface area contributed by atoms with Crippen LogP contribution in [0.25, 0.3) is 0 Å². The standard InChI is InChI=1S/C11H20O2/c1-2-3-4-5-8-13-9-11(12)10-6-7-10/h10H,2-9H2,1H3. The first-order chi connectivity index (χ1) is 6.34. The third-order valence-electron chi connectivity index (χ3n) is 2.42. The molecular formula is C11H20O2. The van der Waals surface area contributed by atoms with Crippen molar-refractivity contribution in [2.24, 2.45) is 5.92 Å². The summed E-state index contributed by atoms with van der Waals surface area (Å²) in [7, 11) is 0. The van der Waals surface area contributed by atoms with Crippen LogP contribution in [0.4, 0.5) is 0 Å². The van der Waals surface area contributed by atoms with Crippen molar-refractivity contribution >= 4 is 5.78 Å². The molecule has 0 bridgehead atoms. The van der Waals surface area contributed by atoms with Gasteiger partial charge in [0, 0.05) is 12.5 Å². The second-order valence-electron chi connectivity index (χ2n) is 3.85. The zero-order valence-corrected chi connectivity index (χ0v) is 8.55. The molecule has 0 aromatic heterocycles. The Balaban J connectivity index is 1.80. The Morgan fingerprint density at radius 3 is 2.69 bits per heavy atom. The SMILES string of the molecule is CCCCCCOCC(=O)C1CC1. The molecule has 0 aromatic carbocycles. The van der Waals surface area contributed by atoms with Crippen molar-refractivity contribution in [2.45, 2.75) is 45.4 Å². The van der Waals surface area contributed by atoms with Crippen molar-refractivity contribution < 1.29 is 9.53 Å². The van der Waals surface area contributed by atoms with Crippen LogP contribution in [0, 0.1) is 5.92 Å². The van der Waals surface area contributed by atoms with Gasteiger partial charge in [-0.1, -0.05) is 26.2 Å². The van der Waals surface area contributed by atoms with E-state index in [0.29, 0.717) is 18.3 Å². The zero-order valence-electron chi connectivity index (χ0n) is 8.55. The van der Waals surface area contributed by atoms with Gasteiger partial charge in [-0.25, -0.2) is 0 Å². The van der Waals surface area contributed by atoms with Crippen LogP contribution in [0.15, 0.2) is 0 Å². The van der Waals surface area contributed by atoms with Gasteiger partial charge in [0.05, 0.1) is 0 Å². The summed E-state index contributed by atoms with van der Waals surface area (Å²) >= 11 is 0. The van der Waals surface area contributed by atoms with Gasteiger partial charge in [0.15, 0.2) is 5.78 Å². The van der Waals surface area contributed by atoms with Crippen molar-refractivity contribution in [1.82, 2.24) is 0 Å². The first-order valence-electron chi connectivity index (χ1n) is 5.45. The average Bonchev–Trinajstić information content (AvgIpc) is 2.93. The van der Waals surface area contributed by atoms with Crippen LogP contribution >= 0.6 is 0 Å². The van der Waals surface area contributed by atoms with Crippen molar-refractivity contribution in [3.8, 4) is 0 Å². The number of hydrogen-bond acceptors (Lipinski definition) is 2. The minimum atomic E-state index is 0.315. The summed E-state index contributed by atoms with van der Waals surface area (Å²) in [5.74, 6) is 0.672. The Kier molecular flexibility index (Phi) is 5.06. The second-order valence-corrected chi connectivity index (χ2v) is 3.85. The van der Waals surface area contributed by atoms with Crippen LogP contribution < -0.4 is 0 Å². The Morgan fingerprint density at radius 2 is 2.08 bits per heavy atom. The van der Waals surface area contributed by atoms with E-state index in [4.69, 9.17) is 4.74 Å². The van der Waals surface area contributed by atoms with Gasteiger partial charge < -0.3 is 4.74 Å². The Bertz CT molecular complexity index is 150. The van der Waals surface area contributed by atoms with E-state index in [9.17, 15) is 4.79 Å². The Labute approximate surface area is 80.7 Å². The van der Waals surface area contributed by atoms with Crippen LogP contribution in [-0.4, -0.2) is 19.0 Å². The van der Waals surface area contributed by atoms with Gasteiger partial charge in [0.25, 0.3) is 0 Å². The summed E-state index contributed by atoms with van der Waals surface area (Å²) < 4.78 is 5.29. The second kappa shape index (κ2) is 6.14. The van der Waals surface area contributed by atoms with Crippen LogP contribution in [0.3, 0.4) is 0 Å². The molecule has 76 valence electrons. The highest BCUT2D eigenvalue weighted by Crippen LogP contribution is 2.29. The van der Waals surface area contributed by atoms with E-state index in [1.54, 1.807) is 0 Å². The number of ether oxygens (including phenoxy) is 1. The number of unbranched alkanes of at least 4 members (excludes halogenated alkanes) is 3. The van der Waals surface area contributed by atoms with Gasteiger partial charge in [-0.05, 0) is 19.3 Å². The van der Waals surface area contributed by atoms with Gasteiger partial charge in [-0.15, -0.1) is 0 Å². The summed E-state index contributed by atoms with van der Waals surface area (Å²) in [5, 5.41) is 0. The topological polar surface area (TPSA) is 26.3 Å². The average molecular weight is 184 g/mol. The van der Waals surface area contributed by atoms with Gasteiger partial charge in [-0.3, -0.25) is 4.79 Å². The molecule has 1 aliphatic carbocycles. The molecule has 0 spiro atoms. The zero-order chi connectivity index (χ0) is 9.52. The molecule has 0 amide bonds. The third kappa shape index (κ3) is 5.04. The maximum atomic E-state index is 11.2. The van der Waals surface area contributed by atoms with Gasteiger partial charge in [-0.2, -0.15) is 0 Å². The van der Waals surface area contributed by atoms with Gasteiger partial charge in [0.1, 0.15) is 6.61 Å². The van der Waals surface area contributed by atoms with Gasteiger partial charge >= 0.3 is 0 Å². The molecule has 2 heteroatoms. The molecule has 1 fully saturated rings. The first-order valence-corrected chi connectivity index (χ1v) is 5.45. The number of carbonyl (C=O) groups excluding carboxylic acids is 1. The lowest BCUT2D eigenvalue weighted by Gasteiger charge is -2.01. The minimum Gasteiger partial charge on any atom is -0.374 e. The largest absolute Gasteiger partial charge is 0.374 e. The Morgan fingerprint density at radius 1 is 1.31 bits per heavy atom. The van der Waals surface area contributed by atoms with E-state index in [1.165, 1.54) is 19.3 Å². The molecule has 0 radical (unpaired) electrons. The lowest BCUT2D eigenvalue weighted by molar-refractivity contribution is -0.124. The first kappa shape index (κ1) is 10.7. The monoisotopic (exact) mass is 184 g/mol. The summed E-state index contributed by atoms with van der Waals surface area (Å²) in [6.07, 6.45) is 7.05. The van der Waals surface area contributed by atoms with Crippen molar-refractivity contribution in [3.63, 3.8) is 0 Å². The van der Waals surface area contributed by atoms with E-state index in [2.05, 4.69) is 6.92 Å². The molecule has 2 nitrogen and oxygen atoms in total. The molecule has 1 aliphatic rings. The smallest absolute Gasteiger partial charge is 0.161 e. The van der Waals surface area contributed by atoms with Crippen molar-refractivity contribution in [3.05, 3.63) is 0 Å². The van der Waals surface area contributed by atoms with Crippen LogP contribution in [0.5, 0.6) is 0 Å². The molecule has 1 saturated carbocycles. The summed E-state index contributed by atoms with van der Waals surface area (Å²) in [5.41, 5.74) is 0. The minimum absolute atomic E-state index is 0.315. The number of rotatable bonds is 8. The molecule has 0 N–H and O–H groups in total. The quantitative estimate of drug-likeness (QED) is 0.542. The van der Waals surface area contributed by atoms with Crippen LogP contribution in [0.1, 0.15) is 45.4 Å². The molecule has 0 aromatic rings. The molecular weight excluding hydrogens is 164 g/mol. The molecule has 0 unspecified atom stereocenters. The highest BCUT2D eigenvalue weighted by atomic mass is 16.5. The number of Topliss-reactive ketones (excluding diaryl/α,β-unsaturated/α-hetero) is 1. The third-order valence-corrected chi connectivity index (χ3v) is 2.42. The fourth-order valence-corrected chi connectivity index (χ4v) is 1.33. The summed E-state index contributed by atoms with van der Waals surface area (Å²) in [4.78, 5) is 11.2. The number of carbonyl (C=O) groups is 1. The highest BCUT2D eigenvalue weighted by Gasteiger charge is 2.28. The maximum Gasteiger partial charge on any atom is 0.161 e. The lowest BCUT2D eigenvalue weighted by atomic mass is 10.2. The molecule has 0 heterocycles. The van der Waals surface area contributed by atoms with Crippen molar-refractivity contribution in [1.29, 1.82) is 0 Å². The molecule has 13 heavy (non-hydrogen) atoms. The van der Waals surface area contributed by atoms with E-state index in [0.717, 1.165) is 25.9 Å². The summed E-state index contributed by atoms with van der Waals surface area (Å²) in [6.45, 7) is 3.31. The highest BCUT2D eigenvalue weighted by molar-refractivity contribution is 5.84. The number of ketones is 1. The molecule has 0 atom stereocenters. The van der Waals surface area contributed by atoms with E-state index < -0.39 is 0 Å². The maximum absolute atomic E-state index is 11.2. The molecule has 1 rings (SSSR count). The molecule has 0 aliphatic heterocycles. The Hall–Kier alpha value is -0.370. The predicted octanol–water partition coefficient (Wildman–Crippen LogP) is 2.56. The van der Waals surface area contributed by atoms with E-state index in [1.807, 2.05) is 0 Å². The lowest BCUT2D eigenvalue weighted by Crippen LogP contribution is -2.10. The van der Waals surface area contributed by atoms with Crippen LogP contribution in [-0.2, 0) is 9.53 Å². The summed E-state index contributed by atoms with van der Waals surface area (Å²) in [6, 6.07) is 0. The number of hydrogen-bond donors (Lipinski definition) is 0. The fraction of sp³-hybridized carbons (Fsp3) is 0.909. The fourth-order valence-electron chi connectivity index (χ4n) is 1.33.